The van der Waals surface area contributed by atoms with Crippen LogP contribution in [0.1, 0.15) is 18.4 Å². The summed E-state index contributed by atoms with van der Waals surface area (Å²) in [6, 6.07) is 17.4. The van der Waals surface area contributed by atoms with Crippen LogP contribution in [0, 0.1) is 5.92 Å². The molecule has 128 valence electrons. The summed E-state index contributed by atoms with van der Waals surface area (Å²) < 4.78 is 5.80. The van der Waals surface area contributed by atoms with Gasteiger partial charge in [0.15, 0.2) is 0 Å². The highest BCUT2D eigenvalue weighted by Gasteiger charge is 2.20. The summed E-state index contributed by atoms with van der Waals surface area (Å²) in [6.45, 7) is 1.85. The van der Waals surface area contributed by atoms with Crippen molar-refractivity contribution in [3.05, 3.63) is 60.2 Å². The first-order chi connectivity index (χ1) is 11.3. The molecule has 1 aliphatic rings. The van der Waals surface area contributed by atoms with Crippen molar-refractivity contribution in [1.29, 1.82) is 0 Å². The second-order valence-electron chi connectivity index (χ2n) is 5.91. The number of hydrogen-bond acceptors (Lipinski definition) is 3. The Labute approximate surface area is 149 Å². The molecule has 3 rings (SSSR count). The summed E-state index contributed by atoms with van der Waals surface area (Å²) in [6.07, 6.45) is 2.59. The molecule has 24 heavy (non-hydrogen) atoms. The number of halogens is 1. The maximum Gasteiger partial charge on any atom is 0.234 e. The van der Waals surface area contributed by atoms with Gasteiger partial charge in [0.05, 0.1) is 6.54 Å². The molecule has 0 spiro atoms. The summed E-state index contributed by atoms with van der Waals surface area (Å²) in [5.41, 5.74) is 1.02. The topological polar surface area (TPSA) is 50.4 Å². The molecule has 0 heterocycles. The molecule has 1 fully saturated rings. The second kappa shape index (κ2) is 9.30. The van der Waals surface area contributed by atoms with Crippen LogP contribution in [-0.4, -0.2) is 19.0 Å². The van der Waals surface area contributed by atoms with E-state index in [1.54, 1.807) is 0 Å². The third kappa shape index (κ3) is 6.22. The predicted octanol–water partition coefficient (Wildman–Crippen LogP) is 3.52. The van der Waals surface area contributed by atoms with Crippen molar-refractivity contribution in [1.82, 2.24) is 10.6 Å². The average molecular weight is 347 g/mol. The van der Waals surface area contributed by atoms with Gasteiger partial charge in [-0.3, -0.25) is 4.79 Å². The predicted molar refractivity (Wildman–Crippen MR) is 97.6 cm³/mol. The zero-order chi connectivity index (χ0) is 15.9. The number of nitrogens with one attached hydrogen (secondary N) is 2. The van der Waals surface area contributed by atoms with Crippen LogP contribution in [0.4, 0.5) is 0 Å². The molecule has 0 unspecified atom stereocenters. The van der Waals surface area contributed by atoms with Crippen molar-refractivity contribution < 1.29 is 9.53 Å². The quantitative estimate of drug-likeness (QED) is 0.769. The summed E-state index contributed by atoms with van der Waals surface area (Å²) in [7, 11) is 0. The lowest BCUT2D eigenvalue weighted by Gasteiger charge is -2.09. The van der Waals surface area contributed by atoms with Crippen LogP contribution in [0.3, 0.4) is 0 Å². The Hall–Kier alpha value is -2.04. The van der Waals surface area contributed by atoms with Crippen molar-refractivity contribution >= 4 is 18.3 Å². The van der Waals surface area contributed by atoms with Crippen molar-refractivity contribution in [3.8, 4) is 11.5 Å². The molecule has 1 aliphatic carbocycles. The maximum atomic E-state index is 11.8. The van der Waals surface area contributed by atoms with Crippen LogP contribution in [0.2, 0.25) is 0 Å². The smallest absolute Gasteiger partial charge is 0.234 e. The largest absolute Gasteiger partial charge is 0.457 e. The first kappa shape index (κ1) is 18.3. The van der Waals surface area contributed by atoms with E-state index in [2.05, 4.69) is 10.6 Å². The zero-order valence-corrected chi connectivity index (χ0v) is 14.4. The Morgan fingerprint density at radius 2 is 1.79 bits per heavy atom. The lowest BCUT2D eigenvalue weighted by atomic mass is 10.2. The Morgan fingerprint density at radius 3 is 2.54 bits per heavy atom. The Balaban J connectivity index is 0.00000208. The van der Waals surface area contributed by atoms with E-state index in [1.165, 1.54) is 12.8 Å². The van der Waals surface area contributed by atoms with E-state index in [1.807, 2.05) is 54.6 Å². The van der Waals surface area contributed by atoms with Gasteiger partial charge in [-0.1, -0.05) is 30.3 Å². The number of carbonyl (C=O) groups is 1. The van der Waals surface area contributed by atoms with Gasteiger partial charge in [-0.25, -0.2) is 0 Å². The molecule has 4 nitrogen and oxygen atoms in total. The first-order valence-corrected chi connectivity index (χ1v) is 8.09. The van der Waals surface area contributed by atoms with Gasteiger partial charge in [0.25, 0.3) is 0 Å². The summed E-state index contributed by atoms with van der Waals surface area (Å²) in [5, 5.41) is 6.12. The molecular formula is C19H23ClN2O2. The number of rotatable bonds is 8. The molecular weight excluding hydrogens is 324 g/mol. The standard InChI is InChI=1S/C19H22N2O2.ClH/c22-19(14-20-12-15-9-10-15)21-13-16-5-4-8-18(11-16)23-17-6-2-1-3-7-17;/h1-8,11,15,20H,9-10,12-14H2,(H,21,22);1H. The minimum Gasteiger partial charge on any atom is -0.457 e. The van der Waals surface area contributed by atoms with Crippen molar-refractivity contribution in [2.24, 2.45) is 5.92 Å². The van der Waals surface area contributed by atoms with Gasteiger partial charge in [0.1, 0.15) is 11.5 Å². The lowest BCUT2D eigenvalue weighted by molar-refractivity contribution is -0.120. The normalized spacial score (nSPS) is 13.0. The van der Waals surface area contributed by atoms with Gasteiger partial charge < -0.3 is 15.4 Å². The van der Waals surface area contributed by atoms with E-state index >= 15 is 0 Å². The van der Waals surface area contributed by atoms with Gasteiger partial charge in [0.2, 0.25) is 5.91 Å². The molecule has 0 saturated heterocycles. The summed E-state index contributed by atoms with van der Waals surface area (Å²) in [5.74, 6) is 2.39. The van der Waals surface area contributed by atoms with Gasteiger partial charge >= 0.3 is 0 Å². The highest BCUT2D eigenvalue weighted by Crippen LogP contribution is 2.27. The highest BCUT2D eigenvalue weighted by molar-refractivity contribution is 5.85. The molecule has 2 aromatic rings. The van der Waals surface area contributed by atoms with Crippen LogP contribution >= 0.6 is 12.4 Å². The third-order valence-corrected chi connectivity index (χ3v) is 3.78. The van der Waals surface area contributed by atoms with Crippen molar-refractivity contribution in [2.45, 2.75) is 19.4 Å². The molecule has 0 radical (unpaired) electrons. The van der Waals surface area contributed by atoms with Crippen molar-refractivity contribution in [3.63, 3.8) is 0 Å². The molecule has 0 aromatic heterocycles. The van der Waals surface area contributed by atoms with Crippen LogP contribution in [0.5, 0.6) is 11.5 Å². The SMILES string of the molecule is Cl.O=C(CNCC1CC1)NCc1cccc(Oc2ccccc2)c1. The fraction of sp³-hybridized carbons (Fsp3) is 0.316. The first-order valence-electron chi connectivity index (χ1n) is 8.09. The van der Waals surface area contributed by atoms with Crippen LogP contribution in [0.15, 0.2) is 54.6 Å². The van der Waals surface area contributed by atoms with E-state index in [0.717, 1.165) is 29.5 Å². The number of carbonyl (C=O) groups excluding carboxylic acids is 1. The van der Waals surface area contributed by atoms with Gasteiger partial charge in [0, 0.05) is 6.54 Å². The van der Waals surface area contributed by atoms with E-state index in [0.29, 0.717) is 13.1 Å². The van der Waals surface area contributed by atoms with E-state index in [9.17, 15) is 4.79 Å². The molecule has 0 aliphatic heterocycles. The number of ether oxygens (including phenoxy) is 1. The summed E-state index contributed by atoms with van der Waals surface area (Å²) >= 11 is 0. The third-order valence-electron chi connectivity index (χ3n) is 3.78. The van der Waals surface area contributed by atoms with Crippen LogP contribution in [-0.2, 0) is 11.3 Å². The maximum absolute atomic E-state index is 11.8. The highest BCUT2D eigenvalue weighted by atomic mass is 35.5. The number of amides is 1. The molecule has 2 N–H and O–H groups in total. The second-order valence-corrected chi connectivity index (χ2v) is 5.91. The van der Waals surface area contributed by atoms with Gasteiger partial charge in [-0.05, 0) is 55.1 Å². The molecule has 0 atom stereocenters. The number of hydrogen-bond donors (Lipinski definition) is 2. The fourth-order valence-corrected chi connectivity index (χ4v) is 2.32. The molecule has 1 amide bonds. The Bertz CT molecular complexity index is 645. The fourth-order valence-electron chi connectivity index (χ4n) is 2.32. The van der Waals surface area contributed by atoms with Crippen LogP contribution in [0.25, 0.3) is 0 Å². The van der Waals surface area contributed by atoms with Gasteiger partial charge in [-0.15, -0.1) is 12.4 Å². The number of benzene rings is 2. The van der Waals surface area contributed by atoms with Crippen LogP contribution < -0.4 is 15.4 Å². The minimum absolute atomic E-state index is 0. The molecule has 5 heteroatoms. The van der Waals surface area contributed by atoms with E-state index in [-0.39, 0.29) is 18.3 Å². The molecule has 2 aromatic carbocycles. The zero-order valence-electron chi connectivity index (χ0n) is 13.5. The van der Waals surface area contributed by atoms with Gasteiger partial charge in [-0.2, -0.15) is 0 Å². The molecule has 0 bridgehead atoms. The molecule has 1 saturated carbocycles. The Morgan fingerprint density at radius 1 is 1.04 bits per heavy atom. The Kier molecular flexibility index (Phi) is 7.09. The average Bonchev–Trinajstić information content (AvgIpc) is 3.39. The number of para-hydroxylation sites is 1. The summed E-state index contributed by atoms with van der Waals surface area (Å²) in [4.78, 5) is 11.8. The van der Waals surface area contributed by atoms with Crippen molar-refractivity contribution in [2.75, 3.05) is 13.1 Å². The monoisotopic (exact) mass is 346 g/mol. The van der Waals surface area contributed by atoms with E-state index in [4.69, 9.17) is 4.74 Å². The minimum atomic E-state index is 0. The van der Waals surface area contributed by atoms with E-state index < -0.39 is 0 Å². The lowest BCUT2D eigenvalue weighted by Crippen LogP contribution is -2.34.